The molecule has 7 aromatic rings. The molecule has 0 radical (unpaired) electrons. The molecule has 0 aliphatic carbocycles. The highest BCUT2D eigenvalue weighted by atomic mass is 79.9. The molecule has 238 valence electrons. The summed E-state index contributed by atoms with van der Waals surface area (Å²) >= 11 is 3.93. The van der Waals surface area contributed by atoms with Crippen molar-refractivity contribution in [3.8, 4) is 0 Å². The molecule has 0 amide bonds. The van der Waals surface area contributed by atoms with Crippen molar-refractivity contribution in [2.45, 2.75) is 11.1 Å². The van der Waals surface area contributed by atoms with Crippen LogP contribution in [0.5, 0.6) is 0 Å². The monoisotopic (exact) mass is 699 g/mol. The number of rotatable bonds is 9. The summed E-state index contributed by atoms with van der Waals surface area (Å²) in [4.78, 5) is 5.46. The zero-order valence-corrected chi connectivity index (χ0v) is 28.3. The van der Waals surface area contributed by atoms with E-state index < -0.39 is 11.1 Å². The van der Waals surface area contributed by atoms with E-state index in [1.54, 1.807) is 0 Å². The number of halogens is 1. The minimum Gasteiger partial charge on any atom is -0.353 e. The van der Waals surface area contributed by atoms with Crippen LogP contribution in [0.25, 0.3) is 0 Å². The van der Waals surface area contributed by atoms with Gasteiger partial charge in [0, 0.05) is 4.47 Å². The average molecular weight is 701 g/mol. The Hall–Kier alpha value is -5.69. The van der Waals surface area contributed by atoms with E-state index in [0.29, 0.717) is 5.82 Å². The van der Waals surface area contributed by atoms with Crippen molar-refractivity contribution >= 4 is 33.3 Å². The third kappa shape index (κ3) is 5.26. The van der Waals surface area contributed by atoms with Crippen molar-refractivity contribution in [1.29, 1.82) is 0 Å². The molecule has 6 heteroatoms. The van der Waals surface area contributed by atoms with Crippen LogP contribution in [-0.4, -0.2) is 4.98 Å². The second-order valence-corrected chi connectivity index (χ2v) is 12.9. The molecule has 1 aromatic heterocycles. The average Bonchev–Trinajstić information content (AvgIpc) is 3.61. The van der Waals surface area contributed by atoms with Gasteiger partial charge in [-0.3, -0.25) is 10.4 Å². The Morgan fingerprint density at radius 2 is 0.837 bits per heavy atom. The number of hydrogen-bond donors (Lipinski definition) is 3. The molecule has 0 unspecified atom stereocenters. The zero-order chi connectivity index (χ0) is 33.1. The number of hydrazine groups is 2. The van der Waals surface area contributed by atoms with Crippen LogP contribution in [-0.2, 0) is 11.1 Å². The Bertz CT molecular complexity index is 1950. The summed E-state index contributed by atoms with van der Waals surface area (Å²) in [6, 6.07) is 65.6. The number of nitrogens with zero attached hydrogens (tertiary/aromatic N) is 2. The Labute approximate surface area is 295 Å². The van der Waals surface area contributed by atoms with Gasteiger partial charge >= 0.3 is 0 Å². The second-order valence-electron chi connectivity index (χ2n) is 12.0. The van der Waals surface area contributed by atoms with Gasteiger partial charge in [-0.1, -0.05) is 182 Å². The van der Waals surface area contributed by atoms with Crippen LogP contribution in [0.2, 0.25) is 0 Å². The van der Waals surface area contributed by atoms with Gasteiger partial charge in [-0.2, -0.15) is 0 Å². The normalized spacial score (nSPS) is 12.6. The lowest BCUT2D eigenvalue weighted by Gasteiger charge is -2.43. The largest absolute Gasteiger partial charge is 0.353 e. The zero-order valence-electron chi connectivity index (χ0n) is 26.7. The molecule has 2 heterocycles. The first-order valence-corrected chi connectivity index (χ1v) is 17.1. The summed E-state index contributed by atoms with van der Waals surface area (Å²) in [5, 5.41) is 6.14. The molecule has 6 aromatic carbocycles. The minimum atomic E-state index is -0.789. The van der Waals surface area contributed by atoms with E-state index >= 15 is 0 Å². The Morgan fingerprint density at radius 1 is 0.490 bits per heavy atom. The molecule has 1 aliphatic heterocycles. The number of fused-ring (bicyclic) bond motifs is 1. The number of hydrogen-bond acceptors (Lipinski definition) is 5. The molecule has 0 spiro atoms. The molecule has 5 nitrogen and oxygen atoms in total. The van der Waals surface area contributed by atoms with Crippen LogP contribution in [0.3, 0.4) is 0 Å². The Morgan fingerprint density at radius 3 is 1.20 bits per heavy atom. The second kappa shape index (κ2) is 13.1. The van der Waals surface area contributed by atoms with E-state index in [0.717, 1.165) is 49.4 Å². The van der Waals surface area contributed by atoms with Gasteiger partial charge in [-0.15, -0.1) is 5.53 Å². The van der Waals surface area contributed by atoms with Crippen molar-refractivity contribution in [2.75, 3.05) is 15.8 Å². The SMILES string of the molecule is Brc1cc(NC(c2ccccc2)(c2ccccc2)c2ccccc2)nc2c1NNN2C(c1ccccc1)(c1ccccc1)c1ccccc1. The first kappa shape index (κ1) is 30.6. The smallest absolute Gasteiger partial charge is 0.174 e. The van der Waals surface area contributed by atoms with Gasteiger partial charge in [-0.05, 0) is 55.4 Å². The molecule has 1 aliphatic rings. The van der Waals surface area contributed by atoms with Crippen molar-refractivity contribution in [3.63, 3.8) is 0 Å². The maximum atomic E-state index is 5.46. The van der Waals surface area contributed by atoms with Crippen LogP contribution in [0.15, 0.2) is 193 Å². The fraction of sp³-hybridized carbons (Fsp3) is 0.0465. The standard InChI is InChI=1S/C43H34BrN5/c44-38-31-39(46-42(32-19-7-1-8-20-32,33-21-9-2-10-22-33)34-23-11-3-12-24-34)45-41-40(38)47-48-49(41)43(35-25-13-4-14-26-35,36-27-15-5-16-28-36)37-29-17-6-18-30-37/h1-31,47-48H,(H,45,46). The van der Waals surface area contributed by atoms with Crippen molar-refractivity contribution in [2.24, 2.45) is 0 Å². The molecule has 0 saturated carbocycles. The summed E-state index contributed by atoms with van der Waals surface area (Å²) in [6.07, 6.45) is 0. The van der Waals surface area contributed by atoms with Gasteiger partial charge in [0.2, 0.25) is 0 Å². The maximum absolute atomic E-state index is 5.46. The van der Waals surface area contributed by atoms with Crippen LogP contribution in [0.1, 0.15) is 33.4 Å². The molecule has 0 atom stereocenters. The lowest BCUT2D eigenvalue weighted by molar-refractivity contribution is 0.517. The molecule has 0 fully saturated rings. The lowest BCUT2D eigenvalue weighted by atomic mass is 9.76. The van der Waals surface area contributed by atoms with Gasteiger partial charge in [0.15, 0.2) is 5.82 Å². The summed E-state index contributed by atoms with van der Waals surface area (Å²) in [6.45, 7) is 0. The summed E-state index contributed by atoms with van der Waals surface area (Å²) in [5.41, 5.74) is 12.9. The van der Waals surface area contributed by atoms with Gasteiger partial charge < -0.3 is 5.32 Å². The minimum absolute atomic E-state index is 0.709. The predicted octanol–water partition coefficient (Wildman–Crippen LogP) is 9.89. The first-order chi connectivity index (χ1) is 24.2. The van der Waals surface area contributed by atoms with Crippen LogP contribution in [0, 0.1) is 0 Å². The van der Waals surface area contributed by atoms with E-state index in [1.165, 1.54) is 0 Å². The topological polar surface area (TPSA) is 52.2 Å². The molecule has 0 saturated heterocycles. The number of aromatic nitrogens is 1. The quantitative estimate of drug-likeness (QED) is 0.131. The first-order valence-electron chi connectivity index (χ1n) is 16.3. The van der Waals surface area contributed by atoms with E-state index in [4.69, 9.17) is 4.98 Å². The molecular weight excluding hydrogens is 666 g/mol. The summed E-state index contributed by atoms with van der Waals surface area (Å²) in [5.74, 6) is 1.46. The van der Waals surface area contributed by atoms with Crippen molar-refractivity contribution in [3.05, 3.63) is 226 Å². The number of pyridine rings is 1. The third-order valence-electron chi connectivity index (χ3n) is 9.30. The predicted molar refractivity (Wildman–Crippen MR) is 203 cm³/mol. The van der Waals surface area contributed by atoms with Gasteiger partial charge in [0.1, 0.15) is 22.6 Å². The highest BCUT2D eigenvalue weighted by Gasteiger charge is 2.47. The van der Waals surface area contributed by atoms with E-state index in [9.17, 15) is 0 Å². The van der Waals surface area contributed by atoms with Crippen molar-refractivity contribution in [1.82, 2.24) is 10.5 Å². The van der Waals surface area contributed by atoms with Gasteiger partial charge in [0.05, 0.1) is 0 Å². The number of benzene rings is 6. The molecule has 8 rings (SSSR count). The van der Waals surface area contributed by atoms with Gasteiger partial charge in [-0.25, -0.2) is 4.98 Å². The number of nitrogens with one attached hydrogen (secondary N) is 3. The Kier molecular flexibility index (Phi) is 8.17. The molecule has 3 N–H and O–H groups in total. The summed E-state index contributed by atoms with van der Waals surface area (Å²) < 4.78 is 0.876. The highest BCUT2D eigenvalue weighted by molar-refractivity contribution is 9.10. The van der Waals surface area contributed by atoms with Gasteiger partial charge in [0.25, 0.3) is 0 Å². The van der Waals surface area contributed by atoms with Crippen LogP contribution >= 0.6 is 15.9 Å². The van der Waals surface area contributed by atoms with Crippen LogP contribution < -0.4 is 21.3 Å². The Balaban J connectivity index is 1.37. The fourth-order valence-corrected chi connectivity index (χ4v) is 7.64. The highest BCUT2D eigenvalue weighted by Crippen LogP contribution is 2.49. The third-order valence-corrected chi connectivity index (χ3v) is 9.93. The van der Waals surface area contributed by atoms with Crippen molar-refractivity contribution < 1.29 is 0 Å². The maximum Gasteiger partial charge on any atom is 0.174 e. The van der Waals surface area contributed by atoms with Crippen LogP contribution in [0.4, 0.5) is 17.3 Å². The molecule has 0 bridgehead atoms. The summed E-state index contributed by atoms with van der Waals surface area (Å²) in [7, 11) is 0. The number of anilines is 3. The van der Waals surface area contributed by atoms with E-state index in [2.05, 4.69) is 225 Å². The molecular formula is C43H34BrN5. The fourth-order valence-electron chi connectivity index (χ4n) is 7.15. The van der Waals surface area contributed by atoms with E-state index in [-0.39, 0.29) is 0 Å². The van der Waals surface area contributed by atoms with E-state index in [1.807, 2.05) is 0 Å². The lowest BCUT2D eigenvalue weighted by Crippen LogP contribution is -2.54. The molecule has 49 heavy (non-hydrogen) atoms.